The molecule has 0 saturated heterocycles. The number of hydrogen-bond acceptors (Lipinski definition) is 3. The van der Waals surface area contributed by atoms with E-state index in [0.717, 1.165) is 12.1 Å². The zero-order valence-electron chi connectivity index (χ0n) is 10.2. The smallest absolute Gasteiger partial charge is 0.308 e. The lowest BCUT2D eigenvalue weighted by Gasteiger charge is -2.17. The Balaban J connectivity index is 2.05. The Kier molecular flexibility index (Phi) is 3.60. The minimum atomic E-state index is -0.838. The third kappa shape index (κ3) is 2.67. The molecule has 1 aliphatic carbocycles. The number of hydrogen-bond donors (Lipinski definition) is 2. The lowest BCUT2D eigenvalue weighted by molar-refractivity contribution is -0.142. The molecule has 1 aromatic rings. The van der Waals surface area contributed by atoms with E-state index in [1.54, 1.807) is 12.1 Å². The molecular weight excluding hydrogens is 232 g/mol. The summed E-state index contributed by atoms with van der Waals surface area (Å²) >= 11 is 0. The second kappa shape index (κ2) is 5.16. The van der Waals surface area contributed by atoms with Crippen LogP contribution in [-0.2, 0) is 4.79 Å². The number of carbonyl (C=O) groups is 2. The molecule has 1 heterocycles. The summed E-state index contributed by atoms with van der Waals surface area (Å²) in [5, 5.41) is 11.8. The molecule has 0 spiro atoms. The summed E-state index contributed by atoms with van der Waals surface area (Å²) in [5.41, 5.74) is 1.11. The van der Waals surface area contributed by atoms with Crippen LogP contribution in [0.5, 0.6) is 0 Å². The molecule has 2 N–H and O–H groups in total. The molecule has 2 rings (SSSR count). The molecule has 2 atom stereocenters. The number of rotatable bonds is 3. The van der Waals surface area contributed by atoms with Crippen LogP contribution in [0.2, 0.25) is 0 Å². The highest BCUT2D eigenvalue weighted by atomic mass is 16.4. The van der Waals surface area contributed by atoms with Gasteiger partial charge in [-0.3, -0.25) is 9.59 Å². The van der Waals surface area contributed by atoms with Crippen molar-refractivity contribution >= 4 is 11.9 Å². The SMILES string of the molecule is Cc1cccc(C(=O)NC2CCCC2C(=O)O)n1. The van der Waals surface area contributed by atoms with Crippen LogP contribution in [0.3, 0.4) is 0 Å². The number of aliphatic carboxylic acids is 1. The van der Waals surface area contributed by atoms with E-state index >= 15 is 0 Å². The lowest BCUT2D eigenvalue weighted by atomic mass is 10.0. The minimum Gasteiger partial charge on any atom is -0.481 e. The van der Waals surface area contributed by atoms with E-state index in [0.29, 0.717) is 18.5 Å². The Morgan fingerprint density at radius 3 is 2.83 bits per heavy atom. The number of carboxylic acid groups (broad SMARTS) is 1. The molecule has 1 aromatic heterocycles. The van der Waals surface area contributed by atoms with E-state index in [4.69, 9.17) is 5.11 Å². The molecule has 0 aromatic carbocycles. The number of aromatic nitrogens is 1. The fourth-order valence-corrected chi connectivity index (χ4v) is 2.34. The Labute approximate surface area is 105 Å². The van der Waals surface area contributed by atoms with Crippen LogP contribution in [0, 0.1) is 12.8 Å². The monoisotopic (exact) mass is 248 g/mol. The summed E-state index contributed by atoms with van der Waals surface area (Å²) in [6, 6.07) is 4.93. The first kappa shape index (κ1) is 12.5. The van der Waals surface area contributed by atoms with Gasteiger partial charge in [0.25, 0.3) is 5.91 Å². The zero-order chi connectivity index (χ0) is 13.1. The summed E-state index contributed by atoms with van der Waals surface area (Å²) in [7, 11) is 0. The maximum absolute atomic E-state index is 12.0. The molecular formula is C13H16N2O3. The van der Waals surface area contributed by atoms with Crippen LogP contribution in [-0.4, -0.2) is 28.0 Å². The molecule has 1 fully saturated rings. The van der Waals surface area contributed by atoms with Crippen molar-refractivity contribution in [3.63, 3.8) is 0 Å². The van der Waals surface area contributed by atoms with Crippen molar-refractivity contribution in [3.05, 3.63) is 29.6 Å². The summed E-state index contributed by atoms with van der Waals surface area (Å²) in [6.07, 6.45) is 2.18. The molecule has 1 saturated carbocycles. The number of amides is 1. The molecule has 0 radical (unpaired) electrons. The van der Waals surface area contributed by atoms with Gasteiger partial charge in [0.05, 0.1) is 5.92 Å². The van der Waals surface area contributed by atoms with Crippen molar-refractivity contribution in [2.24, 2.45) is 5.92 Å². The van der Waals surface area contributed by atoms with E-state index in [1.807, 2.05) is 13.0 Å². The van der Waals surface area contributed by atoms with E-state index in [1.165, 1.54) is 0 Å². The van der Waals surface area contributed by atoms with E-state index < -0.39 is 11.9 Å². The van der Waals surface area contributed by atoms with Gasteiger partial charge in [0, 0.05) is 11.7 Å². The van der Waals surface area contributed by atoms with Gasteiger partial charge in [-0.25, -0.2) is 4.98 Å². The number of nitrogens with one attached hydrogen (secondary N) is 1. The lowest BCUT2D eigenvalue weighted by Crippen LogP contribution is -2.40. The van der Waals surface area contributed by atoms with Crippen molar-refractivity contribution < 1.29 is 14.7 Å². The number of aryl methyl sites for hydroxylation is 1. The van der Waals surface area contributed by atoms with Crippen molar-refractivity contribution in [3.8, 4) is 0 Å². The van der Waals surface area contributed by atoms with Gasteiger partial charge in [0.2, 0.25) is 0 Å². The predicted molar refractivity (Wildman–Crippen MR) is 65.2 cm³/mol. The van der Waals surface area contributed by atoms with Crippen LogP contribution in [0.1, 0.15) is 35.4 Å². The average Bonchev–Trinajstić information content (AvgIpc) is 2.77. The molecule has 96 valence electrons. The van der Waals surface area contributed by atoms with Gasteiger partial charge in [0.15, 0.2) is 0 Å². The van der Waals surface area contributed by atoms with Gasteiger partial charge in [-0.15, -0.1) is 0 Å². The fraction of sp³-hybridized carbons (Fsp3) is 0.462. The first-order chi connectivity index (χ1) is 8.58. The quantitative estimate of drug-likeness (QED) is 0.846. The highest BCUT2D eigenvalue weighted by Gasteiger charge is 2.34. The first-order valence-corrected chi connectivity index (χ1v) is 6.05. The van der Waals surface area contributed by atoms with Gasteiger partial charge in [-0.2, -0.15) is 0 Å². The molecule has 1 aliphatic rings. The van der Waals surface area contributed by atoms with E-state index in [2.05, 4.69) is 10.3 Å². The average molecular weight is 248 g/mol. The van der Waals surface area contributed by atoms with Crippen molar-refractivity contribution in [1.29, 1.82) is 0 Å². The maximum Gasteiger partial charge on any atom is 0.308 e. The third-order valence-electron chi connectivity index (χ3n) is 3.27. The predicted octanol–water partition coefficient (Wildman–Crippen LogP) is 1.37. The van der Waals surface area contributed by atoms with Crippen LogP contribution in [0.25, 0.3) is 0 Å². The third-order valence-corrected chi connectivity index (χ3v) is 3.27. The highest BCUT2D eigenvalue weighted by Crippen LogP contribution is 2.26. The number of carboxylic acids is 1. The second-order valence-electron chi connectivity index (χ2n) is 4.62. The van der Waals surface area contributed by atoms with E-state index in [-0.39, 0.29) is 11.9 Å². The summed E-state index contributed by atoms with van der Waals surface area (Å²) < 4.78 is 0. The standard InChI is InChI=1S/C13H16N2O3/c1-8-4-2-7-11(14-8)12(16)15-10-6-3-5-9(10)13(17)18/h2,4,7,9-10H,3,5-6H2,1H3,(H,15,16)(H,17,18). The normalized spacial score (nSPS) is 22.7. The molecule has 18 heavy (non-hydrogen) atoms. The van der Waals surface area contributed by atoms with Crippen molar-refractivity contribution in [1.82, 2.24) is 10.3 Å². The zero-order valence-corrected chi connectivity index (χ0v) is 10.2. The summed E-state index contributed by atoms with van der Waals surface area (Å²) in [5.74, 6) is -1.61. The van der Waals surface area contributed by atoms with Crippen molar-refractivity contribution in [2.45, 2.75) is 32.2 Å². The van der Waals surface area contributed by atoms with Gasteiger partial charge in [-0.1, -0.05) is 12.5 Å². The maximum atomic E-state index is 12.0. The van der Waals surface area contributed by atoms with Crippen LogP contribution in [0.15, 0.2) is 18.2 Å². The Hall–Kier alpha value is -1.91. The van der Waals surface area contributed by atoms with Crippen molar-refractivity contribution in [2.75, 3.05) is 0 Å². The minimum absolute atomic E-state index is 0.280. The second-order valence-corrected chi connectivity index (χ2v) is 4.62. The largest absolute Gasteiger partial charge is 0.481 e. The Morgan fingerprint density at radius 1 is 1.39 bits per heavy atom. The van der Waals surface area contributed by atoms with Gasteiger partial charge < -0.3 is 10.4 Å². The van der Waals surface area contributed by atoms with Gasteiger partial charge >= 0.3 is 5.97 Å². The van der Waals surface area contributed by atoms with Crippen LogP contribution >= 0.6 is 0 Å². The Morgan fingerprint density at radius 2 is 2.17 bits per heavy atom. The molecule has 0 bridgehead atoms. The highest BCUT2D eigenvalue weighted by molar-refractivity contribution is 5.92. The number of nitrogens with zero attached hydrogens (tertiary/aromatic N) is 1. The number of pyridine rings is 1. The van der Waals surface area contributed by atoms with Crippen LogP contribution < -0.4 is 5.32 Å². The molecule has 5 nitrogen and oxygen atoms in total. The van der Waals surface area contributed by atoms with Gasteiger partial charge in [0.1, 0.15) is 5.69 Å². The molecule has 0 aliphatic heterocycles. The summed E-state index contributed by atoms with van der Waals surface area (Å²) in [6.45, 7) is 1.81. The number of carbonyl (C=O) groups excluding carboxylic acids is 1. The van der Waals surface area contributed by atoms with Gasteiger partial charge in [-0.05, 0) is 31.9 Å². The Bertz CT molecular complexity index is 473. The fourth-order valence-electron chi connectivity index (χ4n) is 2.34. The molecule has 1 amide bonds. The topological polar surface area (TPSA) is 79.3 Å². The molecule has 5 heteroatoms. The summed E-state index contributed by atoms with van der Waals surface area (Å²) in [4.78, 5) is 27.1. The van der Waals surface area contributed by atoms with E-state index in [9.17, 15) is 9.59 Å². The van der Waals surface area contributed by atoms with Crippen LogP contribution in [0.4, 0.5) is 0 Å². The molecule has 2 unspecified atom stereocenters. The first-order valence-electron chi connectivity index (χ1n) is 6.05.